The second-order valence-electron chi connectivity index (χ2n) is 9.91. The van der Waals surface area contributed by atoms with Gasteiger partial charge in [-0.3, -0.25) is 14.9 Å². The van der Waals surface area contributed by atoms with Crippen LogP contribution in [-0.4, -0.2) is 86.9 Å². The second-order valence-corrected chi connectivity index (χ2v) is 10.7. The van der Waals surface area contributed by atoms with Crippen LogP contribution < -0.4 is 10.6 Å². The number of nitrogens with one attached hydrogen (secondary N) is 3. The van der Waals surface area contributed by atoms with Crippen LogP contribution in [0.25, 0.3) is 23.0 Å². The zero-order chi connectivity index (χ0) is 33.1. The highest BCUT2D eigenvalue weighted by molar-refractivity contribution is 6.32. The van der Waals surface area contributed by atoms with Crippen molar-refractivity contribution in [3.05, 3.63) is 76.4 Å². The normalized spacial score (nSPS) is 11.8. The molecule has 0 saturated carbocycles. The van der Waals surface area contributed by atoms with E-state index in [0.29, 0.717) is 52.9 Å². The molecule has 0 aliphatic heterocycles. The van der Waals surface area contributed by atoms with E-state index in [-0.39, 0.29) is 23.3 Å². The molecule has 4 rings (SSSR count). The number of nitrogens with zero attached hydrogens (tertiary/aromatic N) is 6. The molecule has 1 atom stereocenters. The lowest BCUT2D eigenvalue weighted by atomic mass is 10.1. The van der Waals surface area contributed by atoms with E-state index in [0.717, 1.165) is 6.42 Å². The van der Waals surface area contributed by atoms with Gasteiger partial charge < -0.3 is 24.7 Å². The number of imidazole rings is 1. The lowest BCUT2D eigenvalue weighted by molar-refractivity contribution is -0.132. The van der Waals surface area contributed by atoms with Gasteiger partial charge in [0.2, 0.25) is 11.8 Å². The van der Waals surface area contributed by atoms with Crippen LogP contribution in [0.1, 0.15) is 37.2 Å². The van der Waals surface area contributed by atoms with Gasteiger partial charge in [-0.2, -0.15) is 4.68 Å². The van der Waals surface area contributed by atoms with Crippen LogP contribution in [0.2, 0.25) is 10.2 Å². The third kappa shape index (κ3) is 9.12. The Labute approximate surface area is 275 Å². The number of H-pyrrole nitrogens is 1. The minimum Gasteiger partial charge on any atom is -0.453 e. The number of rotatable bonds is 14. The van der Waals surface area contributed by atoms with Crippen LogP contribution in [-0.2, 0) is 19.1 Å². The van der Waals surface area contributed by atoms with Gasteiger partial charge in [-0.25, -0.2) is 9.78 Å². The zero-order valence-corrected chi connectivity index (χ0v) is 26.9. The summed E-state index contributed by atoms with van der Waals surface area (Å²) in [7, 11) is 2.84. The summed E-state index contributed by atoms with van der Waals surface area (Å²) in [5.41, 5.74) is 2.75. The molecule has 0 unspecified atom stereocenters. The number of anilines is 1. The molecule has 0 saturated heterocycles. The first-order valence-electron chi connectivity index (χ1n) is 14.2. The number of carbonyl (C=O) groups excluding carboxylic acids is 3. The molecule has 0 radical (unpaired) electrons. The Hall–Kier alpha value is -4.79. The van der Waals surface area contributed by atoms with Crippen molar-refractivity contribution < 1.29 is 23.9 Å². The van der Waals surface area contributed by atoms with E-state index in [1.165, 1.54) is 24.2 Å². The zero-order valence-electron chi connectivity index (χ0n) is 25.4. The molecule has 0 spiro atoms. The minimum atomic E-state index is -0.864. The van der Waals surface area contributed by atoms with Crippen molar-refractivity contribution in [2.75, 3.05) is 39.2 Å². The van der Waals surface area contributed by atoms with Crippen molar-refractivity contribution >= 4 is 52.9 Å². The fourth-order valence-corrected chi connectivity index (χ4v) is 4.91. The summed E-state index contributed by atoms with van der Waals surface area (Å²) in [4.78, 5) is 47.7. The number of aromatic amines is 1. The predicted octanol–water partition coefficient (Wildman–Crippen LogP) is 4.68. The number of carbonyl (C=O) groups is 3. The first-order chi connectivity index (χ1) is 22.2. The van der Waals surface area contributed by atoms with E-state index in [4.69, 9.17) is 27.9 Å². The van der Waals surface area contributed by atoms with E-state index >= 15 is 0 Å². The van der Waals surface area contributed by atoms with Crippen LogP contribution >= 0.6 is 23.2 Å². The summed E-state index contributed by atoms with van der Waals surface area (Å²) in [6.07, 6.45) is 4.37. The topological polar surface area (TPSA) is 169 Å². The van der Waals surface area contributed by atoms with Crippen LogP contribution in [0.5, 0.6) is 0 Å². The van der Waals surface area contributed by atoms with Gasteiger partial charge in [0.25, 0.3) is 0 Å². The van der Waals surface area contributed by atoms with E-state index < -0.39 is 18.0 Å². The number of hydrogen-bond donors (Lipinski definition) is 3. The van der Waals surface area contributed by atoms with Gasteiger partial charge in [0.1, 0.15) is 23.0 Å². The first kappa shape index (κ1) is 34.1. The summed E-state index contributed by atoms with van der Waals surface area (Å²) in [5, 5.41) is 17.4. The molecule has 2 aromatic heterocycles. The molecule has 2 aromatic carbocycles. The SMILES string of the molecule is CCCN(CCOC)C(=O)C[C@H](NC(=O)/C=C/c1cc(Cl)ccc1-n1cnnn1)c1nc(-c2ccc(NC(=O)OC)cc2)c(Cl)[nH]1. The number of amides is 3. The summed E-state index contributed by atoms with van der Waals surface area (Å²) in [6, 6.07) is 11.0. The number of hydrogen-bond acceptors (Lipinski definition) is 9. The predicted molar refractivity (Wildman–Crippen MR) is 173 cm³/mol. The van der Waals surface area contributed by atoms with Gasteiger partial charge in [0, 0.05) is 48.1 Å². The Kier molecular flexibility index (Phi) is 12.2. The molecule has 0 aliphatic rings. The largest absolute Gasteiger partial charge is 0.453 e. The maximum absolute atomic E-state index is 13.5. The van der Waals surface area contributed by atoms with Crippen LogP contribution in [0.15, 0.2) is 54.9 Å². The number of tetrazole rings is 1. The quantitative estimate of drug-likeness (QED) is 0.161. The van der Waals surface area contributed by atoms with Crippen LogP contribution in [0.3, 0.4) is 0 Å². The fourth-order valence-electron chi connectivity index (χ4n) is 4.48. The van der Waals surface area contributed by atoms with Gasteiger partial charge in [-0.05, 0) is 53.3 Å². The lowest BCUT2D eigenvalue weighted by Crippen LogP contribution is -2.38. The Morgan fingerprint density at radius 3 is 2.57 bits per heavy atom. The van der Waals surface area contributed by atoms with Gasteiger partial charge in [0.05, 0.1) is 31.9 Å². The summed E-state index contributed by atoms with van der Waals surface area (Å²) in [5.74, 6) is -0.407. The Morgan fingerprint density at radius 2 is 1.89 bits per heavy atom. The van der Waals surface area contributed by atoms with Gasteiger partial charge in [-0.15, -0.1) is 5.10 Å². The van der Waals surface area contributed by atoms with Crippen molar-refractivity contribution in [3.8, 4) is 16.9 Å². The molecule has 14 nitrogen and oxygen atoms in total. The van der Waals surface area contributed by atoms with Crippen molar-refractivity contribution in [1.82, 2.24) is 40.4 Å². The monoisotopic (exact) mass is 669 g/mol. The van der Waals surface area contributed by atoms with E-state index in [1.54, 1.807) is 60.6 Å². The summed E-state index contributed by atoms with van der Waals surface area (Å²) in [6.45, 7) is 3.26. The van der Waals surface area contributed by atoms with Crippen molar-refractivity contribution in [1.29, 1.82) is 0 Å². The second kappa shape index (κ2) is 16.5. The van der Waals surface area contributed by atoms with Gasteiger partial charge in [0.15, 0.2) is 0 Å². The molecule has 4 aromatic rings. The summed E-state index contributed by atoms with van der Waals surface area (Å²) >= 11 is 12.8. The van der Waals surface area contributed by atoms with Crippen LogP contribution in [0.4, 0.5) is 10.5 Å². The Bertz CT molecular complexity index is 1660. The molecule has 0 bridgehead atoms. The number of aromatic nitrogens is 6. The van der Waals surface area contributed by atoms with E-state index in [2.05, 4.69) is 40.9 Å². The maximum atomic E-state index is 13.5. The lowest BCUT2D eigenvalue weighted by Gasteiger charge is -2.24. The van der Waals surface area contributed by atoms with E-state index in [1.807, 2.05) is 6.92 Å². The average Bonchev–Trinajstić information content (AvgIpc) is 3.72. The van der Waals surface area contributed by atoms with Crippen molar-refractivity contribution in [3.63, 3.8) is 0 Å². The molecule has 16 heteroatoms. The van der Waals surface area contributed by atoms with Crippen LogP contribution in [0, 0.1) is 0 Å². The standard InChI is InChI=1S/C30H33Cl2N9O5/c1-4-13-40(14-15-45-2)26(43)17-23(29-36-27(28(32)37-29)19-5-9-22(10-6-19)34-30(44)46-3)35-25(42)12-7-20-16-21(31)8-11-24(20)41-18-33-38-39-41/h5-12,16,18,23H,4,13-15,17H2,1-3H3,(H,34,44)(H,35,42)(H,36,37)/b12-7+/t23-/m0/s1. The molecule has 3 N–H and O–H groups in total. The first-order valence-corrected chi connectivity index (χ1v) is 15.0. The molecular formula is C30H33Cl2N9O5. The summed E-state index contributed by atoms with van der Waals surface area (Å²) < 4.78 is 11.3. The average molecular weight is 671 g/mol. The highest BCUT2D eigenvalue weighted by atomic mass is 35.5. The number of halogens is 2. The minimum absolute atomic E-state index is 0.0956. The highest BCUT2D eigenvalue weighted by Crippen LogP contribution is 2.30. The van der Waals surface area contributed by atoms with Gasteiger partial charge in [-0.1, -0.05) is 42.3 Å². The molecule has 242 valence electrons. The molecule has 3 amide bonds. The smallest absolute Gasteiger partial charge is 0.411 e. The Morgan fingerprint density at radius 1 is 1.11 bits per heavy atom. The van der Waals surface area contributed by atoms with Crippen molar-refractivity contribution in [2.24, 2.45) is 0 Å². The number of methoxy groups -OCH3 is 2. The maximum Gasteiger partial charge on any atom is 0.411 e. The van der Waals surface area contributed by atoms with Gasteiger partial charge >= 0.3 is 6.09 Å². The van der Waals surface area contributed by atoms with E-state index in [9.17, 15) is 14.4 Å². The highest BCUT2D eigenvalue weighted by Gasteiger charge is 2.25. The third-order valence-corrected chi connectivity index (χ3v) is 7.21. The fraction of sp³-hybridized carbons (Fsp3) is 0.300. The number of benzene rings is 2. The molecule has 0 aliphatic carbocycles. The van der Waals surface area contributed by atoms with Crippen molar-refractivity contribution in [2.45, 2.75) is 25.8 Å². The molecule has 0 fully saturated rings. The third-order valence-electron chi connectivity index (χ3n) is 6.70. The molecule has 46 heavy (non-hydrogen) atoms. The number of ether oxygens (including phenoxy) is 2. The molecular weight excluding hydrogens is 637 g/mol. The molecule has 2 heterocycles. The Balaban J connectivity index is 1.61.